The number of rotatable bonds is 2. The molecule has 0 fully saturated rings. The highest BCUT2D eigenvalue weighted by Crippen LogP contribution is 2.03. The van der Waals surface area contributed by atoms with Crippen molar-refractivity contribution in [2.45, 2.75) is 6.67 Å². The summed E-state index contributed by atoms with van der Waals surface area (Å²) in [6.07, 6.45) is 0.0973. The predicted octanol–water partition coefficient (Wildman–Crippen LogP) is -1.34. The van der Waals surface area contributed by atoms with Gasteiger partial charge in [0.25, 0.3) is 5.56 Å². The highest BCUT2D eigenvalue weighted by molar-refractivity contribution is 5.70. The minimum atomic E-state index is -1.21. The van der Waals surface area contributed by atoms with Gasteiger partial charge in [0, 0.05) is 14.1 Å². The van der Waals surface area contributed by atoms with Crippen molar-refractivity contribution in [2.24, 2.45) is 14.1 Å². The fourth-order valence-corrected chi connectivity index (χ4v) is 1.67. The lowest BCUT2D eigenvalue weighted by molar-refractivity contribution is 0.191. The van der Waals surface area contributed by atoms with Crippen LogP contribution in [0.3, 0.4) is 0 Å². The molecule has 2 N–H and O–H groups in total. The molecule has 0 saturated heterocycles. The number of nitrogens with zero attached hydrogens (tertiary/aromatic N) is 4. The van der Waals surface area contributed by atoms with Crippen molar-refractivity contribution in [1.82, 2.24) is 24.0 Å². The fourth-order valence-electron chi connectivity index (χ4n) is 1.67. The summed E-state index contributed by atoms with van der Waals surface area (Å²) < 4.78 is 3.51. The number of fused-ring (bicyclic) bond motifs is 1. The van der Waals surface area contributed by atoms with Crippen LogP contribution in [0, 0.1) is 0 Å². The lowest BCUT2D eigenvalue weighted by Crippen LogP contribution is -2.38. The third-order valence-corrected chi connectivity index (χ3v) is 2.62. The first-order valence-electron chi connectivity index (χ1n) is 5.01. The molecule has 0 aromatic carbocycles. The number of hydrogen-bond donors (Lipinski definition) is 2. The molecule has 2 heterocycles. The molecular weight excluding hydrogens is 242 g/mol. The maximum atomic E-state index is 11.9. The lowest BCUT2D eigenvalue weighted by Gasteiger charge is -2.06. The van der Waals surface area contributed by atoms with E-state index in [1.807, 2.05) is 0 Å². The Morgan fingerprint density at radius 2 is 2.06 bits per heavy atom. The van der Waals surface area contributed by atoms with Gasteiger partial charge in [-0.25, -0.2) is 14.6 Å². The molecule has 0 spiro atoms. The van der Waals surface area contributed by atoms with E-state index >= 15 is 0 Å². The predicted molar refractivity (Wildman–Crippen MR) is 61.4 cm³/mol. The Bertz CT molecular complexity index is 738. The van der Waals surface area contributed by atoms with Gasteiger partial charge in [-0.05, 0) is 0 Å². The first kappa shape index (κ1) is 11.9. The average molecular weight is 253 g/mol. The van der Waals surface area contributed by atoms with E-state index in [-0.39, 0.29) is 17.8 Å². The number of carboxylic acid groups (broad SMARTS) is 1. The van der Waals surface area contributed by atoms with Crippen molar-refractivity contribution in [1.29, 1.82) is 0 Å². The van der Waals surface area contributed by atoms with Gasteiger partial charge in [-0.2, -0.15) is 0 Å². The SMILES string of the molecule is Cn1c(=O)c2c(ncn2CNC(=O)O)n(C)c1=O. The van der Waals surface area contributed by atoms with Crippen molar-refractivity contribution >= 4 is 17.3 Å². The Labute approximate surface area is 99.9 Å². The molecule has 96 valence electrons. The van der Waals surface area contributed by atoms with E-state index < -0.39 is 17.3 Å². The van der Waals surface area contributed by atoms with Crippen LogP contribution in [-0.2, 0) is 20.8 Å². The largest absolute Gasteiger partial charge is 0.465 e. The van der Waals surface area contributed by atoms with Crippen molar-refractivity contribution in [3.05, 3.63) is 27.2 Å². The number of nitrogens with one attached hydrogen (secondary N) is 1. The normalized spacial score (nSPS) is 10.8. The Morgan fingerprint density at radius 3 is 2.67 bits per heavy atom. The number of hydrogen-bond acceptors (Lipinski definition) is 4. The Hall–Kier alpha value is -2.58. The summed E-state index contributed by atoms with van der Waals surface area (Å²) in [6.45, 7) is -0.112. The topological polar surface area (TPSA) is 111 Å². The molecule has 2 aromatic heterocycles. The Balaban J connectivity index is 2.70. The molecule has 9 heteroatoms. The number of carbonyl (C=O) groups is 1. The van der Waals surface area contributed by atoms with Crippen LogP contribution in [-0.4, -0.2) is 29.9 Å². The van der Waals surface area contributed by atoms with Crippen LogP contribution in [0.15, 0.2) is 15.9 Å². The summed E-state index contributed by atoms with van der Waals surface area (Å²) in [6, 6.07) is 0. The summed E-state index contributed by atoms with van der Waals surface area (Å²) in [4.78, 5) is 37.9. The smallest absolute Gasteiger partial charge is 0.406 e. The minimum Gasteiger partial charge on any atom is -0.465 e. The molecule has 0 bridgehead atoms. The van der Waals surface area contributed by atoms with E-state index in [4.69, 9.17) is 5.11 Å². The molecule has 18 heavy (non-hydrogen) atoms. The second-order valence-electron chi connectivity index (χ2n) is 3.73. The first-order valence-corrected chi connectivity index (χ1v) is 5.01. The molecule has 0 saturated carbocycles. The zero-order valence-electron chi connectivity index (χ0n) is 9.75. The van der Waals surface area contributed by atoms with Crippen LogP contribution < -0.4 is 16.6 Å². The van der Waals surface area contributed by atoms with Gasteiger partial charge in [-0.15, -0.1) is 0 Å². The summed E-state index contributed by atoms with van der Waals surface area (Å²) >= 11 is 0. The first-order chi connectivity index (χ1) is 8.43. The Kier molecular flexibility index (Phi) is 2.66. The number of aryl methyl sites for hydroxylation is 1. The summed E-state index contributed by atoms with van der Waals surface area (Å²) in [5, 5.41) is 10.6. The van der Waals surface area contributed by atoms with Crippen LogP contribution in [0.4, 0.5) is 4.79 Å². The molecule has 9 nitrogen and oxygen atoms in total. The highest BCUT2D eigenvalue weighted by atomic mass is 16.4. The monoisotopic (exact) mass is 253 g/mol. The van der Waals surface area contributed by atoms with Gasteiger partial charge in [0.15, 0.2) is 11.2 Å². The average Bonchev–Trinajstić information content (AvgIpc) is 2.75. The quantitative estimate of drug-likeness (QED) is 0.688. The summed E-state index contributed by atoms with van der Waals surface area (Å²) in [5.41, 5.74) is -0.606. The van der Waals surface area contributed by atoms with Gasteiger partial charge in [0.2, 0.25) is 0 Å². The van der Waals surface area contributed by atoms with E-state index in [1.165, 1.54) is 29.6 Å². The van der Waals surface area contributed by atoms with Gasteiger partial charge >= 0.3 is 11.8 Å². The Morgan fingerprint density at radius 1 is 1.39 bits per heavy atom. The molecule has 1 amide bonds. The van der Waals surface area contributed by atoms with Crippen LogP contribution in [0.5, 0.6) is 0 Å². The second-order valence-corrected chi connectivity index (χ2v) is 3.73. The van der Waals surface area contributed by atoms with Gasteiger partial charge in [-0.3, -0.25) is 13.9 Å². The zero-order valence-corrected chi connectivity index (χ0v) is 9.75. The van der Waals surface area contributed by atoms with Crippen molar-refractivity contribution in [3.63, 3.8) is 0 Å². The van der Waals surface area contributed by atoms with E-state index in [0.29, 0.717) is 0 Å². The summed E-state index contributed by atoms with van der Waals surface area (Å²) in [5.74, 6) is 0. The van der Waals surface area contributed by atoms with E-state index in [0.717, 1.165) is 4.57 Å². The fraction of sp³-hybridized carbons (Fsp3) is 0.333. The maximum absolute atomic E-state index is 11.9. The van der Waals surface area contributed by atoms with Crippen LogP contribution in [0.1, 0.15) is 0 Å². The molecule has 0 unspecified atom stereocenters. The third kappa shape index (κ3) is 1.65. The van der Waals surface area contributed by atoms with Gasteiger partial charge in [0.05, 0.1) is 13.0 Å². The van der Waals surface area contributed by atoms with Crippen molar-refractivity contribution in [2.75, 3.05) is 0 Å². The maximum Gasteiger partial charge on any atom is 0.406 e. The van der Waals surface area contributed by atoms with E-state index in [1.54, 1.807) is 0 Å². The molecule has 0 atom stereocenters. The van der Waals surface area contributed by atoms with Crippen LogP contribution >= 0.6 is 0 Å². The van der Waals surface area contributed by atoms with Crippen LogP contribution in [0.25, 0.3) is 11.2 Å². The molecule has 0 aliphatic heterocycles. The minimum absolute atomic E-state index is 0.112. The van der Waals surface area contributed by atoms with Gasteiger partial charge < -0.3 is 15.0 Å². The van der Waals surface area contributed by atoms with Crippen molar-refractivity contribution < 1.29 is 9.90 Å². The molecular formula is C9H11N5O4. The lowest BCUT2D eigenvalue weighted by atomic mass is 10.5. The standard InChI is InChI=1S/C9H11N5O4/c1-12-6-5(7(15)13(2)9(12)18)14(3-10-6)4-11-8(16)17/h3,11H,4H2,1-2H3,(H,16,17). The number of aromatic nitrogens is 4. The summed E-state index contributed by atoms with van der Waals surface area (Å²) in [7, 11) is 2.85. The molecule has 0 aliphatic carbocycles. The zero-order chi connectivity index (χ0) is 13.4. The van der Waals surface area contributed by atoms with Gasteiger partial charge in [-0.1, -0.05) is 0 Å². The number of imidazole rings is 1. The van der Waals surface area contributed by atoms with Crippen molar-refractivity contribution in [3.8, 4) is 0 Å². The highest BCUT2D eigenvalue weighted by Gasteiger charge is 2.14. The van der Waals surface area contributed by atoms with Gasteiger partial charge in [0.1, 0.15) is 0 Å². The van der Waals surface area contributed by atoms with E-state index in [2.05, 4.69) is 10.3 Å². The molecule has 2 rings (SSSR count). The van der Waals surface area contributed by atoms with Crippen LogP contribution in [0.2, 0.25) is 0 Å². The third-order valence-electron chi connectivity index (χ3n) is 2.62. The molecule has 2 aromatic rings. The second kappa shape index (κ2) is 4.02. The molecule has 0 aliphatic rings. The number of amides is 1. The van der Waals surface area contributed by atoms with E-state index in [9.17, 15) is 14.4 Å². The molecule has 0 radical (unpaired) electrons.